The Morgan fingerprint density at radius 2 is 1.77 bits per heavy atom. The van der Waals surface area contributed by atoms with Crippen LogP contribution in [0.5, 0.6) is 5.75 Å². The smallest absolute Gasteiger partial charge is 0.262 e. The van der Waals surface area contributed by atoms with E-state index in [0.29, 0.717) is 16.5 Å². The molecule has 1 aromatic heterocycles. The molecule has 0 aliphatic heterocycles. The van der Waals surface area contributed by atoms with Crippen molar-refractivity contribution < 1.29 is 18.3 Å². The van der Waals surface area contributed by atoms with Gasteiger partial charge in [0.1, 0.15) is 11.4 Å². The number of para-hydroxylation sites is 1. The number of carbonyl (C=O) groups is 1. The number of rotatable bonds is 5. The van der Waals surface area contributed by atoms with E-state index in [1.165, 1.54) is 18.2 Å². The number of fused-ring (bicyclic) bond motifs is 1. The second-order valence-corrected chi connectivity index (χ2v) is 6.77. The van der Waals surface area contributed by atoms with Crippen molar-refractivity contribution in [3.05, 3.63) is 94.4 Å². The Balaban J connectivity index is 1.69. The van der Waals surface area contributed by atoms with Gasteiger partial charge in [-0.05, 0) is 36.8 Å². The predicted molar refractivity (Wildman–Crippen MR) is 113 cm³/mol. The number of hydrogen-bond donors (Lipinski definition) is 1. The number of amides is 1. The highest BCUT2D eigenvalue weighted by Gasteiger charge is 2.19. The second-order valence-electron chi connectivity index (χ2n) is 6.77. The topological polar surface area (TPSA) is 68.5 Å². The molecule has 5 nitrogen and oxygen atoms in total. The lowest BCUT2D eigenvalue weighted by molar-refractivity contribution is -0.118. The van der Waals surface area contributed by atoms with E-state index < -0.39 is 18.3 Å². The predicted octanol–water partition coefficient (Wildman–Crippen LogP) is 4.93. The second kappa shape index (κ2) is 8.21. The van der Waals surface area contributed by atoms with Crippen LogP contribution in [0.25, 0.3) is 22.3 Å². The number of halogens is 1. The van der Waals surface area contributed by atoms with Crippen molar-refractivity contribution in [2.24, 2.45) is 0 Å². The number of carbonyl (C=O) groups excluding carboxylic acids is 1. The number of benzene rings is 3. The van der Waals surface area contributed by atoms with Gasteiger partial charge in [-0.3, -0.25) is 9.59 Å². The molecule has 4 rings (SSSR count). The molecule has 0 saturated heterocycles. The average molecular weight is 403 g/mol. The Labute approximate surface area is 171 Å². The minimum atomic E-state index is -0.595. The first-order valence-electron chi connectivity index (χ1n) is 9.33. The molecule has 0 atom stereocenters. The molecule has 1 N–H and O–H groups in total. The third-order valence-corrected chi connectivity index (χ3v) is 4.54. The maximum Gasteiger partial charge on any atom is 0.262 e. The van der Waals surface area contributed by atoms with Crippen LogP contribution in [0, 0.1) is 12.7 Å². The Kier molecular flexibility index (Phi) is 5.30. The first-order chi connectivity index (χ1) is 14.5. The van der Waals surface area contributed by atoms with Crippen molar-refractivity contribution in [3.8, 4) is 17.1 Å². The lowest BCUT2D eigenvalue weighted by Crippen LogP contribution is -2.23. The first kappa shape index (κ1) is 19.4. The molecule has 3 aromatic carbocycles. The summed E-state index contributed by atoms with van der Waals surface area (Å²) in [6, 6.07) is 20.1. The van der Waals surface area contributed by atoms with E-state index in [4.69, 9.17) is 9.15 Å². The lowest BCUT2D eigenvalue weighted by Gasteiger charge is -2.12. The highest BCUT2D eigenvalue weighted by Crippen LogP contribution is 2.31. The molecular weight excluding hydrogens is 385 g/mol. The third-order valence-electron chi connectivity index (χ3n) is 4.54. The maximum atomic E-state index is 13.7. The maximum absolute atomic E-state index is 13.7. The Hall–Kier alpha value is -3.93. The highest BCUT2D eigenvalue weighted by atomic mass is 19.1. The fourth-order valence-corrected chi connectivity index (χ4v) is 3.08. The number of ether oxygens (including phenoxy) is 1. The van der Waals surface area contributed by atoms with Gasteiger partial charge in [0.15, 0.2) is 12.4 Å². The average Bonchev–Trinajstić information content (AvgIpc) is 2.75. The van der Waals surface area contributed by atoms with Gasteiger partial charge in [0.05, 0.1) is 11.1 Å². The monoisotopic (exact) mass is 403 g/mol. The van der Waals surface area contributed by atoms with Crippen LogP contribution in [0.3, 0.4) is 0 Å². The summed E-state index contributed by atoms with van der Waals surface area (Å²) in [5.41, 5.74) is 1.68. The number of hydrogen-bond acceptors (Lipinski definition) is 4. The largest absolute Gasteiger partial charge is 0.476 e. The molecule has 0 bridgehead atoms. The molecule has 1 heterocycles. The molecule has 0 saturated carbocycles. The Morgan fingerprint density at radius 1 is 1.03 bits per heavy atom. The van der Waals surface area contributed by atoms with E-state index in [9.17, 15) is 14.0 Å². The molecule has 4 aromatic rings. The summed E-state index contributed by atoms with van der Waals surface area (Å²) in [6.07, 6.45) is 0. The van der Waals surface area contributed by atoms with Gasteiger partial charge in [0.2, 0.25) is 11.2 Å². The van der Waals surface area contributed by atoms with Gasteiger partial charge in [0.25, 0.3) is 5.91 Å². The zero-order chi connectivity index (χ0) is 21.1. The van der Waals surface area contributed by atoms with Crippen LogP contribution in [-0.4, -0.2) is 12.5 Å². The van der Waals surface area contributed by atoms with E-state index in [1.54, 1.807) is 36.4 Å². The van der Waals surface area contributed by atoms with Gasteiger partial charge in [-0.2, -0.15) is 0 Å². The molecule has 1 amide bonds. The highest BCUT2D eigenvalue weighted by molar-refractivity contribution is 5.92. The lowest BCUT2D eigenvalue weighted by atomic mass is 10.1. The van der Waals surface area contributed by atoms with Crippen LogP contribution < -0.4 is 15.5 Å². The van der Waals surface area contributed by atoms with Gasteiger partial charge < -0.3 is 14.5 Å². The third kappa shape index (κ3) is 3.93. The summed E-state index contributed by atoms with van der Waals surface area (Å²) in [5.74, 6) is -0.988. The van der Waals surface area contributed by atoms with Crippen LogP contribution in [0.4, 0.5) is 10.1 Å². The van der Waals surface area contributed by atoms with E-state index in [2.05, 4.69) is 5.32 Å². The standard InChI is InChI=1S/C24H18FNO4/c1-15-11-12-17-20(13-15)30-23(16-7-3-2-4-8-16)24(22(17)28)29-14-21(27)26-19-10-6-5-9-18(19)25/h2-13H,14H2,1H3,(H,26,27). The SMILES string of the molecule is Cc1ccc2c(=O)c(OCC(=O)Nc3ccccc3F)c(-c3ccccc3)oc2c1. The zero-order valence-corrected chi connectivity index (χ0v) is 16.1. The summed E-state index contributed by atoms with van der Waals surface area (Å²) in [6.45, 7) is 1.43. The summed E-state index contributed by atoms with van der Waals surface area (Å²) in [4.78, 5) is 25.4. The van der Waals surface area contributed by atoms with E-state index >= 15 is 0 Å². The zero-order valence-electron chi connectivity index (χ0n) is 16.1. The van der Waals surface area contributed by atoms with E-state index in [0.717, 1.165) is 5.56 Å². The summed E-state index contributed by atoms with van der Waals surface area (Å²) >= 11 is 0. The van der Waals surface area contributed by atoms with Gasteiger partial charge in [-0.25, -0.2) is 4.39 Å². The molecule has 0 aliphatic carbocycles. The van der Waals surface area contributed by atoms with Crippen LogP contribution in [0.1, 0.15) is 5.56 Å². The molecule has 0 fully saturated rings. The van der Waals surface area contributed by atoms with Crippen molar-refractivity contribution in [1.29, 1.82) is 0 Å². The van der Waals surface area contributed by atoms with Crippen LogP contribution in [0.15, 0.2) is 82.0 Å². The van der Waals surface area contributed by atoms with Crippen molar-refractivity contribution in [3.63, 3.8) is 0 Å². The molecular formula is C24H18FNO4. The molecule has 0 radical (unpaired) electrons. The minimum Gasteiger partial charge on any atom is -0.476 e. The number of aryl methyl sites for hydroxylation is 1. The number of anilines is 1. The van der Waals surface area contributed by atoms with E-state index in [-0.39, 0.29) is 22.6 Å². The van der Waals surface area contributed by atoms with Gasteiger partial charge >= 0.3 is 0 Å². The Morgan fingerprint density at radius 3 is 2.53 bits per heavy atom. The fraction of sp³-hybridized carbons (Fsp3) is 0.0833. The van der Waals surface area contributed by atoms with Crippen LogP contribution in [0.2, 0.25) is 0 Å². The van der Waals surface area contributed by atoms with Gasteiger partial charge in [0, 0.05) is 5.56 Å². The first-order valence-corrected chi connectivity index (χ1v) is 9.33. The molecule has 0 spiro atoms. The number of nitrogens with one attached hydrogen (secondary N) is 1. The quantitative estimate of drug-likeness (QED) is 0.513. The van der Waals surface area contributed by atoms with Crippen molar-refractivity contribution >= 4 is 22.6 Å². The van der Waals surface area contributed by atoms with Crippen LogP contribution >= 0.6 is 0 Å². The normalized spacial score (nSPS) is 10.7. The molecule has 30 heavy (non-hydrogen) atoms. The molecule has 0 unspecified atom stereocenters. The molecule has 0 aliphatic rings. The van der Waals surface area contributed by atoms with Crippen molar-refractivity contribution in [1.82, 2.24) is 0 Å². The molecule has 6 heteroatoms. The summed E-state index contributed by atoms with van der Waals surface area (Å²) in [5, 5.41) is 2.78. The fourth-order valence-electron chi connectivity index (χ4n) is 3.08. The van der Waals surface area contributed by atoms with Crippen molar-refractivity contribution in [2.45, 2.75) is 6.92 Å². The van der Waals surface area contributed by atoms with Crippen LogP contribution in [-0.2, 0) is 4.79 Å². The van der Waals surface area contributed by atoms with Gasteiger partial charge in [-0.15, -0.1) is 0 Å². The summed E-state index contributed by atoms with van der Waals surface area (Å²) < 4.78 is 25.3. The van der Waals surface area contributed by atoms with Gasteiger partial charge in [-0.1, -0.05) is 48.5 Å². The molecule has 150 valence electrons. The Bertz CT molecular complexity index is 1280. The summed E-state index contributed by atoms with van der Waals surface area (Å²) in [7, 11) is 0. The minimum absolute atomic E-state index is 0.0374. The van der Waals surface area contributed by atoms with E-state index in [1.807, 2.05) is 25.1 Å². The van der Waals surface area contributed by atoms with Crippen molar-refractivity contribution in [2.75, 3.05) is 11.9 Å².